The normalized spacial score (nSPS) is 12.5. The van der Waals surface area contributed by atoms with Gasteiger partial charge in [-0.3, -0.25) is 4.79 Å². The molecule has 0 aromatic carbocycles. The molecule has 1 aromatic rings. The summed E-state index contributed by atoms with van der Waals surface area (Å²) in [6.45, 7) is 3.80. The van der Waals surface area contributed by atoms with E-state index >= 15 is 0 Å². The maximum atomic E-state index is 11.5. The summed E-state index contributed by atoms with van der Waals surface area (Å²) >= 11 is 0. The lowest BCUT2D eigenvalue weighted by molar-refractivity contribution is 0.0922. The molecule has 0 bridgehead atoms. The average molecular weight is 197 g/mol. The molecule has 0 saturated heterocycles. The third-order valence-electron chi connectivity index (χ3n) is 1.87. The number of aryl methyl sites for hydroxylation is 1. The molecule has 0 spiro atoms. The van der Waals surface area contributed by atoms with Gasteiger partial charge in [-0.1, -0.05) is 6.92 Å². The first-order valence-corrected chi connectivity index (χ1v) is 4.67. The van der Waals surface area contributed by atoms with Gasteiger partial charge in [-0.05, 0) is 13.0 Å². The molecule has 0 aliphatic carbocycles. The summed E-state index contributed by atoms with van der Waals surface area (Å²) in [6.07, 6.45) is 1.65. The Balaban J connectivity index is 2.60. The zero-order valence-corrected chi connectivity index (χ0v) is 8.41. The third kappa shape index (κ3) is 2.60. The van der Waals surface area contributed by atoms with Gasteiger partial charge in [0.2, 0.25) is 0 Å². The molecule has 0 aliphatic heterocycles. The van der Waals surface area contributed by atoms with Crippen molar-refractivity contribution in [3.05, 3.63) is 23.7 Å². The highest BCUT2D eigenvalue weighted by Gasteiger charge is 2.12. The number of nitrogens with one attached hydrogen (secondary N) is 1. The summed E-state index contributed by atoms with van der Waals surface area (Å²) in [4.78, 5) is 11.5. The summed E-state index contributed by atoms with van der Waals surface area (Å²) in [5, 5.41) is 11.6. The molecule has 0 radical (unpaired) electrons. The first-order chi connectivity index (χ1) is 6.65. The van der Waals surface area contributed by atoms with Gasteiger partial charge < -0.3 is 14.8 Å². The summed E-state index contributed by atoms with van der Waals surface area (Å²) in [7, 11) is 0. The topological polar surface area (TPSA) is 62.5 Å². The number of aliphatic hydroxyl groups excluding tert-OH is 1. The summed E-state index contributed by atoms with van der Waals surface area (Å²) < 4.78 is 5.12. The molecule has 1 aromatic heterocycles. The van der Waals surface area contributed by atoms with Crippen molar-refractivity contribution < 1.29 is 14.3 Å². The zero-order valence-electron chi connectivity index (χ0n) is 8.41. The summed E-state index contributed by atoms with van der Waals surface area (Å²) in [5.74, 6) is 0.476. The SMILES string of the molecule is CCc1occc1C(=O)NCC(C)O. The molecule has 0 saturated carbocycles. The molecule has 1 rings (SSSR count). The molecule has 1 amide bonds. The number of hydrogen-bond acceptors (Lipinski definition) is 3. The fourth-order valence-corrected chi connectivity index (χ4v) is 1.15. The van der Waals surface area contributed by atoms with E-state index in [4.69, 9.17) is 9.52 Å². The average Bonchev–Trinajstić information content (AvgIpc) is 2.61. The van der Waals surface area contributed by atoms with Crippen molar-refractivity contribution in [2.75, 3.05) is 6.54 Å². The maximum absolute atomic E-state index is 11.5. The van der Waals surface area contributed by atoms with Gasteiger partial charge in [0.05, 0.1) is 17.9 Å². The number of aliphatic hydroxyl groups is 1. The van der Waals surface area contributed by atoms with Crippen LogP contribution in [0.1, 0.15) is 30.0 Å². The number of furan rings is 1. The molecular formula is C10H15NO3. The van der Waals surface area contributed by atoms with E-state index in [0.29, 0.717) is 17.7 Å². The fraction of sp³-hybridized carbons (Fsp3) is 0.500. The maximum Gasteiger partial charge on any atom is 0.254 e. The van der Waals surface area contributed by atoms with Crippen molar-refractivity contribution in [3.63, 3.8) is 0 Å². The molecule has 0 aliphatic rings. The van der Waals surface area contributed by atoms with E-state index in [1.165, 1.54) is 6.26 Å². The Bertz CT molecular complexity index is 304. The Kier molecular flexibility index (Phi) is 3.71. The molecular weight excluding hydrogens is 182 g/mol. The molecule has 1 heterocycles. The predicted octanol–water partition coefficient (Wildman–Crippen LogP) is 0.953. The number of rotatable bonds is 4. The van der Waals surface area contributed by atoms with Crippen molar-refractivity contribution in [1.29, 1.82) is 0 Å². The van der Waals surface area contributed by atoms with Crippen molar-refractivity contribution in [1.82, 2.24) is 5.32 Å². The number of hydrogen-bond donors (Lipinski definition) is 2. The molecule has 2 N–H and O–H groups in total. The van der Waals surface area contributed by atoms with Crippen molar-refractivity contribution in [2.45, 2.75) is 26.4 Å². The molecule has 1 unspecified atom stereocenters. The van der Waals surface area contributed by atoms with E-state index in [-0.39, 0.29) is 12.5 Å². The van der Waals surface area contributed by atoms with Crippen LogP contribution in [0.4, 0.5) is 0 Å². The van der Waals surface area contributed by atoms with E-state index in [2.05, 4.69) is 5.32 Å². The zero-order chi connectivity index (χ0) is 10.6. The quantitative estimate of drug-likeness (QED) is 0.755. The van der Waals surface area contributed by atoms with Crippen LogP contribution in [-0.2, 0) is 6.42 Å². The standard InChI is InChI=1S/C10H15NO3/c1-3-9-8(4-5-14-9)10(13)11-6-7(2)12/h4-5,7,12H,3,6H2,1-2H3,(H,11,13). The van der Waals surface area contributed by atoms with Crippen LogP contribution in [0.5, 0.6) is 0 Å². The highest BCUT2D eigenvalue weighted by atomic mass is 16.3. The smallest absolute Gasteiger partial charge is 0.254 e. The van der Waals surface area contributed by atoms with Crippen LogP contribution in [0.3, 0.4) is 0 Å². The van der Waals surface area contributed by atoms with E-state index < -0.39 is 6.10 Å². The second-order valence-corrected chi connectivity index (χ2v) is 3.17. The minimum Gasteiger partial charge on any atom is -0.469 e. The van der Waals surface area contributed by atoms with E-state index in [9.17, 15) is 4.79 Å². The van der Waals surface area contributed by atoms with Gasteiger partial charge in [-0.2, -0.15) is 0 Å². The van der Waals surface area contributed by atoms with Crippen LogP contribution in [0.15, 0.2) is 16.7 Å². The Morgan fingerprint density at radius 1 is 1.71 bits per heavy atom. The molecule has 14 heavy (non-hydrogen) atoms. The Labute approximate surface area is 82.9 Å². The van der Waals surface area contributed by atoms with Crippen LogP contribution in [0.25, 0.3) is 0 Å². The summed E-state index contributed by atoms with van der Waals surface area (Å²) in [5.41, 5.74) is 0.549. The van der Waals surface area contributed by atoms with Crippen molar-refractivity contribution in [3.8, 4) is 0 Å². The lowest BCUT2D eigenvalue weighted by Gasteiger charge is -2.06. The molecule has 78 valence electrons. The summed E-state index contributed by atoms with van der Waals surface area (Å²) in [6, 6.07) is 1.64. The monoisotopic (exact) mass is 197 g/mol. The van der Waals surface area contributed by atoms with Crippen LogP contribution in [0, 0.1) is 0 Å². The van der Waals surface area contributed by atoms with E-state index in [1.807, 2.05) is 6.92 Å². The van der Waals surface area contributed by atoms with Crippen LogP contribution in [-0.4, -0.2) is 23.7 Å². The predicted molar refractivity (Wildman–Crippen MR) is 52.1 cm³/mol. The van der Waals surface area contributed by atoms with E-state index in [0.717, 1.165) is 0 Å². The highest BCUT2D eigenvalue weighted by molar-refractivity contribution is 5.95. The van der Waals surface area contributed by atoms with Gasteiger partial charge >= 0.3 is 0 Å². The van der Waals surface area contributed by atoms with Gasteiger partial charge in [0.15, 0.2) is 0 Å². The Morgan fingerprint density at radius 3 is 3.00 bits per heavy atom. The minimum absolute atomic E-state index is 0.198. The van der Waals surface area contributed by atoms with Crippen molar-refractivity contribution >= 4 is 5.91 Å². The van der Waals surface area contributed by atoms with Crippen LogP contribution >= 0.6 is 0 Å². The second-order valence-electron chi connectivity index (χ2n) is 3.17. The first-order valence-electron chi connectivity index (χ1n) is 4.67. The van der Waals surface area contributed by atoms with Crippen LogP contribution in [0.2, 0.25) is 0 Å². The largest absolute Gasteiger partial charge is 0.469 e. The van der Waals surface area contributed by atoms with Gasteiger partial charge in [-0.25, -0.2) is 0 Å². The van der Waals surface area contributed by atoms with Gasteiger partial charge in [-0.15, -0.1) is 0 Å². The van der Waals surface area contributed by atoms with Gasteiger partial charge in [0, 0.05) is 13.0 Å². The number of carbonyl (C=O) groups excluding carboxylic acids is 1. The van der Waals surface area contributed by atoms with Crippen LogP contribution < -0.4 is 5.32 Å². The molecule has 4 nitrogen and oxygen atoms in total. The molecule has 4 heteroatoms. The highest BCUT2D eigenvalue weighted by Crippen LogP contribution is 2.10. The van der Waals surface area contributed by atoms with Gasteiger partial charge in [0.1, 0.15) is 5.76 Å². The van der Waals surface area contributed by atoms with Crippen molar-refractivity contribution in [2.24, 2.45) is 0 Å². The molecule has 1 atom stereocenters. The lowest BCUT2D eigenvalue weighted by atomic mass is 10.2. The molecule has 0 fully saturated rings. The fourth-order valence-electron chi connectivity index (χ4n) is 1.15. The Morgan fingerprint density at radius 2 is 2.43 bits per heavy atom. The Hall–Kier alpha value is -1.29. The second kappa shape index (κ2) is 4.81. The van der Waals surface area contributed by atoms with E-state index in [1.54, 1.807) is 13.0 Å². The minimum atomic E-state index is -0.532. The lowest BCUT2D eigenvalue weighted by Crippen LogP contribution is -2.30. The number of carbonyl (C=O) groups is 1. The van der Waals surface area contributed by atoms with Gasteiger partial charge in [0.25, 0.3) is 5.91 Å². The first kappa shape index (κ1) is 10.8. The third-order valence-corrected chi connectivity index (χ3v) is 1.87. The number of amides is 1.